The van der Waals surface area contributed by atoms with Crippen molar-refractivity contribution in [2.24, 2.45) is 23.7 Å². The minimum Gasteiger partial charge on any atom is -0.104 e. The minimum atomic E-state index is 0.324. The van der Waals surface area contributed by atoms with Gasteiger partial charge in [-0.2, -0.15) is 0 Å². The zero-order valence-electron chi connectivity index (χ0n) is 26.1. The second-order valence-electron chi connectivity index (χ2n) is 12.0. The zero-order chi connectivity index (χ0) is 27.9. The monoisotopic (exact) mass is 636 g/mol. The second-order valence-corrected chi connectivity index (χ2v) is 24.1. The lowest BCUT2D eigenvalue weighted by Gasteiger charge is -2.72. The molecule has 4 rings (SSSR count). The van der Waals surface area contributed by atoms with Gasteiger partial charge in [0.05, 0.1) is 0 Å². The number of unbranched alkanes of at least 4 members (excludes halogenated alkanes) is 4. The molecule has 0 aromatic rings. The summed E-state index contributed by atoms with van der Waals surface area (Å²) >= 11 is 15.0. The summed E-state index contributed by atoms with van der Waals surface area (Å²) in [6.07, 6.45) is 22.0. The highest BCUT2D eigenvalue weighted by molar-refractivity contribution is 8.64. The summed E-state index contributed by atoms with van der Waals surface area (Å²) < 4.78 is 1.30. The predicted octanol–water partition coefficient (Wildman–Crippen LogP) is 13.9. The largest absolute Gasteiger partial charge is 0.116 e. The van der Waals surface area contributed by atoms with Crippen LogP contribution in [0.1, 0.15) is 158 Å². The Kier molecular flexibility index (Phi) is 14.3. The average molecular weight is 637 g/mol. The first-order valence-corrected chi connectivity index (χ1v) is 21.4. The lowest BCUT2D eigenvalue weighted by Crippen LogP contribution is -2.61. The summed E-state index contributed by atoms with van der Waals surface area (Å²) in [5.74, 6) is 3.28. The van der Waals surface area contributed by atoms with Gasteiger partial charge in [0.2, 0.25) is 0 Å². The highest BCUT2D eigenvalue weighted by Gasteiger charge is 2.76. The van der Waals surface area contributed by atoms with Crippen molar-refractivity contribution in [1.29, 1.82) is 0 Å². The van der Waals surface area contributed by atoms with Gasteiger partial charge in [-0.25, -0.2) is 0 Å². The third-order valence-corrected chi connectivity index (χ3v) is 22.7. The molecule has 4 heterocycles. The standard InChI is InChI=1S/C32H60S6/c1-9-17-21-25(13-5)29-33-30(26(14-6)22-18-10-2)36-31(34-29,27(15-7)23-19-11-3)38-32(35-29,37-30)28(16-8)24-20-12-4/h25-28H,9-24H2,1-8H3. The van der Waals surface area contributed by atoms with Crippen LogP contribution in [-0.4, -0.2) is 13.6 Å². The highest BCUT2D eigenvalue weighted by Crippen LogP contribution is 2.93. The molecular weight excluding hydrogens is 577 g/mol. The SMILES string of the molecule is CCCCC(CC)C12SC3(C(CC)CCCC)SC(C(CC)CCCC)(S1)SC(C(CC)CCCC)(S2)S3. The summed E-state index contributed by atoms with van der Waals surface area (Å²) in [4.78, 5) is 0. The summed E-state index contributed by atoms with van der Waals surface area (Å²) in [5.41, 5.74) is 0. The van der Waals surface area contributed by atoms with Crippen LogP contribution >= 0.6 is 70.6 Å². The second kappa shape index (κ2) is 15.7. The molecule has 38 heavy (non-hydrogen) atoms. The van der Waals surface area contributed by atoms with E-state index in [2.05, 4.69) is 126 Å². The lowest BCUT2D eigenvalue weighted by atomic mass is 10.00. The van der Waals surface area contributed by atoms with E-state index in [0.29, 0.717) is 13.6 Å². The molecule has 224 valence electrons. The number of rotatable bonds is 20. The van der Waals surface area contributed by atoms with Crippen molar-refractivity contribution in [2.75, 3.05) is 0 Å². The summed E-state index contributed by atoms with van der Waals surface area (Å²) in [5, 5.41) is 0. The van der Waals surface area contributed by atoms with Gasteiger partial charge in [-0.15, -0.1) is 70.6 Å². The fourth-order valence-electron chi connectivity index (χ4n) is 6.77. The number of thioether (sulfide) groups is 6. The van der Waals surface area contributed by atoms with E-state index in [1.165, 1.54) is 103 Å². The van der Waals surface area contributed by atoms with Gasteiger partial charge in [0, 0.05) is 0 Å². The number of hydrogen-bond acceptors (Lipinski definition) is 6. The van der Waals surface area contributed by atoms with Gasteiger partial charge >= 0.3 is 0 Å². The molecule has 4 bridgehead atoms. The van der Waals surface area contributed by atoms with Crippen LogP contribution in [0.15, 0.2) is 0 Å². The molecule has 0 spiro atoms. The Morgan fingerprint density at radius 3 is 0.658 bits per heavy atom. The predicted molar refractivity (Wildman–Crippen MR) is 190 cm³/mol. The van der Waals surface area contributed by atoms with E-state index in [4.69, 9.17) is 0 Å². The van der Waals surface area contributed by atoms with E-state index in [-0.39, 0.29) is 0 Å². The Hall–Kier alpha value is 2.10. The van der Waals surface area contributed by atoms with Crippen LogP contribution in [0.25, 0.3) is 0 Å². The Morgan fingerprint density at radius 1 is 0.342 bits per heavy atom. The smallest absolute Gasteiger partial charge is 0.104 e. The first-order valence-electron chi connectivity index (χ1n) is 16.5. The Morgan fingerprint density at radius 2 is 0.526 bits per heavy atom. The van der Waals surface area contributed by atoms with E-state index in [0.717, 1.165) is 23.7 Å². The molecule has 0 radical (unpaired) electrons. The maximum Gasteiger partial charge on any atom is 0.116 e. The lowest BCUT2D eigenvalue weighted by molar-refractivity contribution is 0.420. The van der Waals surface area contributed by atoms with Crippen LogP contribution in [0.4, 0.5) is 0 Å². The molecule has 6 heteroatoms. The Bertz CT molecular complexity index is 546. The highest BCUT2D eigenvalue weighted by atomic mass is 32.4. The molecular formula is C32H60S6. The molecule has 0 aromatic carbocycles. The zero-order valence-corrected chi connectivity index (χ0v) is 31.0. The molecule has 4 aliphatic heterocycles. The van der Waals surface area contributed by atoms with Gasteiger partial charge < -0.3 is 0 Å². The molecule has 0 aromatic heterocycles. The van der Waals surface area contributed by atoms with Gasteiger partial charge in [-0.1, -0.05) is 132 Å². The molecule has 4 fully saturated rings. The molecule has 4 unspecified atom stereocenters. The molecule has 0 aliphatic carbocycles. The average Bonchev–Trinajstić information content (AvgIpc) is 2.89. The molecule has 0 saturated carbocycles. The summed E-state index contributed by atoms with van der Waals surface area (Å²) in [6.45, 7) is 19.7. The van der Waals surface area contributed by atoms with Gasteiger partial charge in [0.25, 0.3) is 0 Å². The fourth-order valence-corrected chi connectivity index (χ4v) is 29.8. The van der Waals surface area contributed by atoms with Crippen LogP contribution in [0, 0.1) is 23.7 Å². The molecule has 4 atom stereocenters. The van der Waals surface area contributed by atoms with Crippen LogP contribution in [0.3, 0.4) is 0 Å². The number of hydrogen-bond donors (Lipinski definition) is 0. The van der Waals surface area contributed by atoms with Crippen molar-refractivity contribution in [1.82, 2.24) is 0 Å². The van der Waals surface area contributed by atoms with Crippen LogP contribution in [0.2, 0.25) is 0 Å². The first kappa shape index (κ1) is 34.6. The van der Waals surface area contributed by atoms with E-state index in [9.17, 15) is 0 Å². The van der Waals surface area contributed by atoms with E-state index < -0.39 is 0 Å². The third-order valence-electron chi connectivity index (χ3n) is 9.30. The third kappa shape index (κ3) is 7.07. The summed E-state index contributed by atoms with van der Waals surface area (Å²) in [7, 11) is 0. The van der Waals surface area contributed by atoms with Crippen LogP contribution in [-0.2, 0) is 0 Å². The topological polar surface area (TPSA) is 0 Å². The molecule has 0 nitrogen and oxygen atoms in total. The molecule has 4 aliphatic rings. The Labute approximate surface area is 264 Å². The van der Waals surface area contributed by atoms with Crippen molar-refractivity contribution in [3.63, 3.8) is 0 Å². The first-order chi connectivity index (χ1) is 18.3. The van der Waals surface area contributed by atoms with Gasteiger partial charge in [0.15, 0.2) is 0 Å². The van der Waals surface area contributed by atoms with Crippen LogP contribution < -0.4 is 0 Å². The maximum atomic E-state index is 2.53. The summed E-state index contributed by atoms with van der Waals surface area (Å²) in [6, 6.07) is 0. The van der Waals surface area contributed by atoms with E-state index >= 15 is 0 Å². The van der Waals surface area contributed by atoms with E-state index in [1.54, 1.807) is 0 Å². The molecule has 4 saturated heterocycles. The van der Waals surface area contributed by atoms with Crippen LogP contribution in [0.5, 0.6) is 0 Å². The van der Waals surface area contributed by atoms with Gasteiger partial charge in [-0.05, 0) is 49.4 Å². The normalized spacial score (nSPS) is 35.4. The van der Waals surface area contributed by atoms with Gasteiger partial charge in [0.1, 0.15) is 13.6 Å². The van der Waals surface area contributed by atoms with Crippen molar-refractivity contribution in [3.05, 3.63) is 0 Å². The van der Waals surface area contributed by atoms with E-state index in [1.807, 2.05) is 0 Å². The minimum absolute atomic E-state index is 0.324. The van der Waals surface area contributed by atoms with Crippen molar-refractivity contribution in [2.45, 2.75) is 172 Å². The maximum absolute atomic E-state index is 2.53. The van der Waals surface area contributed by atoms with Gasteiger partial charge in [-0.3, -0.25) is 0 Å². The van der Waals surface area contributed by atoms with Crippen molar-refractivity contribution >= 4 is 70.6 Å². The fraction of sp³-hybridized carbons (Fsp3) is 1.00. The van der Waals surface area contributed by atoms with Crippen molar-refractivity contribution in [3.8, 4) is 0 Å². The molecule has 0 amide bonds. The quantitative estimate of drug-likeness (QED) is 0.129. The van der Waals surface area contributed by atoms with Crippen molar-refractivity contribution < 1.29 is 0 Å². The Balaban J connectivity index is 2.21. The molecule has 0 N–H and O–H groups in total.